The van der Waals surface area contributed by atoms with Crippen LogP contribution in [0.25, 0.3) is 0 Å². The molecule has 0 aromatic carbocycles. The average molecular weight is 147 g/mol. The van der Waals surface area contributed by atoms with Gasteiger partial charge in [-0.2, -0.15) is 0 Å². The maximum Gasteiger partial charge on any atom is 0.209 e. The molecule has 0 atom stereocenters. The second kappa shape index (κ2) is 2.95. The fraction of sp³-hybridized carbons (Fsp3) is 0.750. The fourth-order valence-electron chi connectivity index (χ4n) is 0.581. The first-order valence-corrected chi connectivity index (χ1v) is 3.18. The zero-order valence-electron chi connectivity index (χ0n) is 5.18. The van der Waals surface area contributed by atoms with E-state index in [1.165, 1.54) is 0 Å². The van der Waals surface area contributed by atoms with Crippen molar-refractivity contribution in [3.8, 4) is 0 Å². The highest BCUT2D eigenvalue weighted by Crippen LogP contribution is 1.92. The molecule has 5 heteroatoms. The minimum atomic E-state index is 0.594. The largest absolute Gasteiger partial charge is 0.295 e. The Hall–Kier alpha value is -0.390. The number of nitrogens with zero attached hydrogens (tertiary/aromatic N) is 1. The van der Waals surface area contributed by atoms with Gasteiger partial charge in [-0.1, -0.05) is 0 Å². The minimum Gasteiger partial charge on any atom is -0.295 e. The molecule has 2 N–H and O–H groups in total. The molecule has 0 aromatic heterocycles. The molecular weight excluding hydrogens is 138 g/mol. The van der Waals surface area contributed by atoms with E-state index in [2.05, 4.69) is 10.9 Å². The Bertz CT molecular complexity index is 118. The number of rotatable bonds is 2. The molecular formula is C4H9N3OS. The molecule has 0 spiro atoms. The Morgan fingerprint density at radius 2 is 2.67 bits per heavy atom. The molecule has 0 saturated carbocycles. The fourth-order valence-corrected chi connectivity index (χ4v) is 0.771. The average Bonchev–Trinajstić information content (AvgIpc) is 2.18. The monoisotopic (exact) mass is 147 g/mol. The van der Waals surface area contributed by atoms with Gasteiger partial charge in [0.1, 0.15) is 6.67 Å². The standard InChI is InChI=1S/C4H9N3OS/c1-2-8-7-3-5-6-4(7)9/h5H,2-3H2,1H3,(H,6,9). The van der Waals surface area contributed by atoms with Crippen LogP contribution in [-0.4, -0.2) is 23.5 Å². The number of hydrazine groups is 1. The number of nitrogens with one attached hydrogen (secondary N) is 2. The van der Waals surface area contributed by atoms with Crippen LogP contribution in [0.1, 0.15) is 6.92 Å². The van der Waals surface area contributed by atoms with Crippen LogP contribution in [0.4, 0.5) is 0 Å². The van der Waals surface area contributed by atoms with Gasteiger partial charge in [-0.25, -0.2) is 10.5 Å². The van der Waals surface area contributed by atoms with Gasteiger partial charge in [-0.3, -0.25) is 10.3 Å². The quantitative estimate of drug-likeness (QED) is 0.519. The molecule has 1 saturated heterocycles. The summed E-state index contributed by atoms with van der Waals surface area (Å²) in [5, 5.41) is 2.19. The van der Waals surface area contributed by atoms with Gasteiger partial charge >= 0.3 is 0 Å². The molecule has 0 aromatic rings. The van der Waals surface area contributed by atoms with E-state index in [9.17, 15) is 0 Å². The molecule has 0 aliphatic carbocycles. The van der Waals surface area contributed by atoms with Crippen molar-refractivity contribution >= 4 is 17.3 Å². The predicted molar refractivity (Wildman–Crippen MR) is 37.2 cm³/mol. The number of thiocarbonyl (C=S) groups is 1. The molecule has 1 aliphatic rings. The Morgan fingerprint density at radius 1 is 1.89 bits per heavy atom. The molecule has 1 fully saturated rings. The van der Waals surface area contributed by atoms with Crippen LogP contribution in [0.3, 0.4) is 0 Å². The maximum atomic E-state index is 5.08. The number of hydrogen-bond donors (Lipinski definition) is 2. The van der Waals surface area contributed by atoms with Gasteiger partial charge in [0, 0.05) is 0 Å². The van der Waals surface area contributed by atoms with Crippen LogP contribution in [0.2, 0.25) is 0 Å². The highest BCUT2D eigenvalue weighted by molar-refractivity contribution is 7.80. The van der Waals surface area contributed by atoms with E-state index in [0.717, 1.165) is 0 Å². The summed E-state index contributed by atoms with van der Waals surface area (Å²) in [7, 11) is 0. The Morgan fingerprint density at radius 3 is 3.11 bits per heavy atom. The van der Waals surface area contributed by atoms with Crippen LogP contribution in [0.5, 0.6) is 0 Å². The topological polar surface area (TPSA) is 36.5 Å². The van der Waals surface area contributed by atoms with Crippen molar-refractivity contribution in [3.63, 3.8) is 0 Å². The third-order valence-corrected chi connectivity index (χ3v) is 1.24. The molecule has 9 heavy (non-hydrogen) atoms. The Labute approximate surface area is 59.1 Å². The molecule has 0 bridgehead atoms. The number of hydroxylamine groups is 2. The molecule has 4 nitrogen and oxygen atoms in total. The van der Waals surface area contributed by atoms with E-state index >= 15 is 0 Å². The van der Waals surface area contributed by atoms with Gasteiger partial charge in [-0.05, 0) is 19.1 Å². The highest BCUT2D eigenvalue weighted by Gasteiger charge is 2.14. The summed E-state index contributed by atoms with van der Waals surface area (Å²) >= 11 is 4.83. The zero-order valence-corrected chi connectivity index (χ0v) is 5.99. The zero-order chi connectivity index (χ0) is 6.69. The first-order chi connectivity index (χ1) is 4.34. The van der Waals surface area contributed by atoms with Crippen molar-refractivity contribution in [3.05, 3.63) is 0 Å². The predicted octanol–water partition coefficient (Wildman–Crippen LogP) is -0.410. The lowest BCUT2D eigenvalue weighted by molar-refractivity contribution is -0.0857. The summed E-state index contributed by atoms with van der Waals surface area (Å²) in [4.78, 5) is 5.08. The molecule has 1 heterocycles. The van der Waals surface area contributed by atoms with E-state index in [0.29, 0.717) is 18.4 Å². The summed E-state index contributed by atoms with van der Waals surface area (Å²) in [6, 6.07) is 0. The molecule has 52 valence electrons. The lowest BCUT2D eigenvalue weighted by atomic mass is 10.9. The number of hydrogen-bond acceptors (Lipinski definition) is 3. The second-order valence-corrected chi connectivity index (χ2v) is 1.95. The molecule has 1 rings (SSSR count). The SMILES string of the molecule is CCON1CNNC1=S. The van der Waals surface area contributed by atoms with Crippen LogP contribution in [0.15, 0.2) is 0 Å². The Kier molecular flexibility index (Phi) is 2.21. The van der Waals surface area contributed by atoms with E-state index in [-0.39, 0.29) is 0 Å². The molecule has 0 unspecified atom stereocenters. The van der Waals surface area contributed by atoms with Crippen LogP contribution < -0.4 is 10.9 Å². The third-order valence-electron chi connectivity index (χ3n) is 0.929. The van der Waals surface area contributed by atoms with Gasteiger partial charge in [0.25, 0.3) is 0 Å². The van der Waals surface area contributed by atoms with Crippen molar-refractivity contribution in [1.29, 1.82) is 0 Å². The van der Waals surface area contributed by atoms with Crippen LogP contribution in [0, 0.1) is 0 Å². The summed E-state index contributed by atoms with van der Waals surface area (Å²) in [5.74, 6) is 0. The van der Waals surface area contributed by atoms with Gasteiger partial charge in [0.05, 0.1) is 6.61 Å². The normalized spacial score (nSPS) is 18.3. The van der Waals surface area contributed by atoms with Crippen molar-refractivity contribution < 1.29 is 4.84 Å². The lowest BCUT2D eigenvalue weighted by Crippen LogP contribution is -2.28. The highest BCUT2D eigenvalue weighted by atomic mass is 32.1. The summed E-state index contributed by atoms with van der Waals surface area (Å²) in [6.07, 6.45) is 0. The van der Waals surface area contributed by atoms with E-state index < -0.39 is 0 Å². The molecule has 1 aliphatic heterocycles. The molecule has 0 radical (unpaired) electrons. The van der Waals surface area contributed by atoms with Gasteiger partial charge in [0.2, 0.25) is 5.11 Å². The van der Waals surface area contributed by atoms with E-state index in [1.54, 1.807) is 5.06 Å². The van der Waals surface area contributed by atoms with Gasteiger partial charge in [-0.15, -0.1) is 0 Å². The smallest absolute Gasteiger partial charge is 0.209 e. The first kappa shape index (κ1) is 6.73. The van der Waals surface area contributed by atoms with Gasteiger partial charge in [0.15, 0.2) is 0 Å². The van der Waals surface area contributed by atoms with Crippen LogP contribution in [-0.2, 0) is 4.84 Å². The lowest BCUT2D eigenvalue weighted by Gasteiger charge is -2.12. The van der Waals surface area contributed by atoms with Crippen LogP contribution >= 0.6 is 12.2 Å². The third kappa shape index (κ3) is 1.51. The summed E-state index contributed by atoms with van der Waals surface area (Å²) < 4.78 is 0. The van der Waals surface area contributed by atoms with Crippen molar-refractivity contribution in [2.24, 2.45) is 0 Å². The van der Waals surface area contributed by atoms with Crippen molar-refractivity contribution in [1.82, 2.24) is 15.9 Å². The van der Waals surface area contributed by atoms with E-state index in [1.807, 2.05) is 6.92 Å². The first-order valence-electron chi connectivity index (χ1n) is 2.78. The Balaban J connectivity index is 2.31. The molecule has 0 amide bonds. The van der Waals surface area contributed by atoms with E-state index in [4.69, 9.17) is 17.1 Å². The van der Waals surface area contributed by atoms with Gasteiger partial charge < -0.3 is 0 Å². The van der Waals surface area contributed by atoms with Crippen molar-refractivity contribution in [2.75, 3.05) is 13.3 Å². The summed E-state index contributed by atoms with van der Waals surface area (Å²) in [6.45, 7) is 3.18. The second-order valence-electron chi connectivity index (χ2n) is 1.56. The van der Waals surface area contributed by atoms with Crippen molar-refractivity contribution in [2.45, 2.75) is 6.92 Å². The maximum absolute atomic E-state index is 5.08. The minimum absolute atomic E-state index is 0.594. The summed E-state index contributed by atoms with van der Waals surface area (Å²) in [5.41, 5.74) is 5.55.